The zero-order chi connectivity index (χ0) is 18.4. The highest BCUT2D eigenvalue weighted by atomic mass is 16.6. The molecule has 0 bridgehead atoms. The van der Waals surface area contributed by atoms with Crippen LogP contribution in [0.4, 0.5) is 11.4 Å². The van der Waals surface area contributed by atoms with Crippen LogP contribution in [0.15, 0.2) is 41.5 Å². The van der Waals surface area contributed by atoms with E-state index in [0.29, 0.717) is 11.4 Å². The lowest BCUT2D eigenvalue weighted by atomic mass is 10.1. The highest BCUT2D eigenvalue weighted by Crippen LogP contribution is 2.33. The van der Waals surface area contributed by atoms with Crippen LogP contribution in [-0.2, 0) is 0 Å². The summed E-state index contributed by atoms with van der Waals surface area (Å²) >= 11 is 0. The van der Waals surface area contributed by atoms with Crippen molar-refractivity contribution in [1.82, 2.24) is 0 Å². The summed E-state index contributed by atoms with van der Waals surface area (Å²) in [6, 6.07) is 8.37. The third-order valence-electron chi connectivity index (χ3n) is 3.25. The number of ether oxygens (including phenoxy) is 2. The van der Waals surface area contributed by atoms with Crippen LogP contribution in [0.25, 0.3) is 0 Å². The van der Waals surface area contributed by atoms with E-state index in [4.69, 9.17) is 9.47 Å². The molecule has 0 saturated heterocycles. The molecule has 0 amide bonds. The number of nitro benzene ring substituents is 1. The van der Waals surface area contributed by atoms with E-state index < -0.39 is 10.9 Å². The molecule has 0 spiro atoms. The van der Waals surface area contributed by atoms with Crippen molar-refractivity contribution in [1.29, 1.82) is 0 Å². The first kappa shape index (κ1) is 17.7. The summed E-state index contributed by atoms with van der Waals surface area (Å²) in [6.07, 6.45) is 1.26. The molecule has 0 aliphatic carbocycles. The van der Waals surface area contributed by atoms with Crippen LogP contribution in [-0.4, -0.2) is 31.3 Å². The number of hydrazone groups is 1. The van der Waals surface area contributed by atoms with Gasteiger partial charge in [-0.05, 0) is 23.8 Å². The number of methoxy groups -OCH3 is 2. The average Bonchev–Trinajstić information content (AvgIpc) is 2.61. The number of aromatic carboxylic acids is 1. The molecule has 9 heteroatoms. The van der Waals surface area contributed by atoms with Crippen molar-refractivity contribution in [3.8, 4) is 11.5 Å². The Hall–Kier alpha value is -3.62. The molecule has 2 rings (SSSR count). The fourth-order valence-electron chi connectivity index (χ4n) is 2.00. The molecular formula is C16H14N3O6-. The quantitative estimate of drug-likeness (QED) is 0.457. The van der Waals surface area contributed by atoms with Gasteiger partial charge >= 0.3 is 0 Å². The summed E-state index contributed by atoms with van der Waals surface area (Å²) in [5.74, 6) is -0.721. The fourth-order valence-corrected chi connectivity index (χ4v) is 2.00. The van der Waals surface area contributed by atoms with Crippen molar-refractivity contribution >= 4 is 23.6 Å². The van der Waals surface area contributed by atoms with Crippen molar-refractivity contribution in [3.05, 3.63) is 57.6 Å². The molecule has 0 aliphatic rings. The van der Waals surface area contributed by atoms with Gasteiger partial charge in [0, 0.05) is 0 Å². The van der Waals surface area contributed by atoms with E-state index in [1.165, 1.54) is 56.8 Å². The van der Waals surface area contributed by atoms with Gasteiger partial charge in [-0.15, -0.1) is 0 Å². The number of hydrogen-bond donors (Lipinski definition) is 1. The minimum atomic E-state index is -1.28. The smallest absolute Gasteiger partial charge is 0.282 e. The Bertz CT molecular complexity index is 817. The molecule has 2 aromatic rings. The Morgan fingerprint density at radius 2 is 1.76 bits per heavy atom. The van der Waals surface area contributed by atoms with E-state index in [-0.39, 0.29) is 22.6 Å². The Morgan fingerprint density at radius 3 is 2.28 bits per heavy atom. The van der Waals surface area contributed by atoms with E-state index in [1.54, 1.807) is 0 Å². The predicted molar refractivity (Wildman–Crippen MR) is 88.2 cm³/mol. The third kappa shape index (κ3) is 4.22. The lowest BCUT2D eigenvalue weighted by molar-refractivity contribution is -0.385. The summed E-state index contributed by atoms with van der Waals surface area (Å²) in [7, 11) is 2.80. The number of anilines is 1. The number of carbonyl (C=O) groups is 1. The summed E-state index contributed by atoms with van der Waals surface area (Å²) in [4.78, 5) is 21.3. The molecule has 25 heavy (non-hydrogen) atoms. The van der Waals surface area contributed by atoms with Gasteiger partial charge in [-0.2, -0.15) is 5.10 Å². The van der Waals surface area contributed by atoms with E-state index in [9.17, 15) is 20.0 Å². The summed E-state index contributed by atoms with van der Waals surface area (Å²) in [5.41, 5.74) is 3.20. The van der Waals surface area contributed by atoms with Gasteiger partial charge in [0.05, 0.1) is 48.6 Å². The van der Waals surface area contributed by atoms with E-state index in [0.717, 1.165) is 0 Å². The normalized spacial score (nSPS) is 10.5. The monoisotopic (exact) mass is 344 g/mol. The fraction of sp³-hybridized carbons (Fsp3) is 0.125. The van der Waals surface area contributed by atoms with Crippen LogP contribution in [0, 0.1) is 10.1 Å². The maximum Gasteiger partial charge on any atom is 0.282 e. The molecule has 9 nitrogen and oxygen atoms in total. The molecule has 0 aliphatic heterocycles. The number of nitrogens with zero attached hydrogens (tertiary/aromatic N) is 2. The van der Waals surface area contributed by atoms with Crippen molar-refractivity contribution in [3.63, 3.8) is 0 Å². The van der Waals surface area contributed by atoms with Crippen LogP contribution < -0.4 is 20.0 Å². The number of hydrogen-bond acceptors (Lipinski definition) is 8. The number of carbonyl (C=O) groups excluding carboxylic acids is 1. The van der Waals surface area contributed by atoms with Crippen LogP contribution >= 0.6 is 0 Å². The number of benzene rings is 2. The van der Waals surface area contributed by atoms with Gasteiger partial charge in [0.2, 0.25) is 0 Å². The minimum absolute atomic E-state index is 0.0325. The van der Waals surface area contributed by atoms with Gasteiger partial charge in [0.25, 0.3) is 5.69 Å². The number of nitro groups is 1. The zero-order valence-corrected chi connectivity index (χ0v) is 13.4. The Morgan fingerprint density at radius 1 is 1.16 bits per heavy atom. The lowest BCUT2D eigenvalue weighted by Gasteiger charge is -2.08. The zero-order valence-electron chi connectivity index (χ0n) is 13.4. The maximum atomic E-state index is 11.2. The van der Waals surface area contributed by atoms with Gasteiger partial charge in [-0.25, -0.2) is 0 Å². The molecule has 0 fully saturated rings. The Labute approximate surface area is 142 Å². The van der Waals surface area contributed by atoms with Crippen molar-refractivity contribution in [2.24, 2.45) is 5.10 Å². The molecule has 0 aromatic heterocycles. The van der Waals surface area contributed by atoms with Crippen LogP contribution in [0.3, 0.4) is 0 Å². The number of nitrogens with one attached hydrogen (secondary N) is 1. The largest absolute Gasteiger partial charge is 0.545 e. The van der Waals surface area contributed by atoms with Crippen LogP contribution in [0.1, 0.15) is 15.9 Å². The summed E-state index contributed by atoms with van der Waals surface area (Å²) < 4.78 is 10.2. The Kier molecular flexibility index (Phi) is 5.51. The van der Waals surface area contributed by atoms with Crippen LogP contribution in [0.2, 0.25) is 0 Å². The first-order chi connectivity index (χ1) is 12.0. The lowest BCUT2D eigenvalue weighted by Crippen LogP contribution is -2.21. The van der Waals surface area contributed by atoms with E-state index in [2.05, 4.69) is 10.5 Å². The molecule has 1 N–H and O–H groups in total. The third-order valence-corrected chi connectivity index (χ3v) is 3.25. The maximum absolute atomic E-state index is 11.2. The van der Waals surface area contributed by atoms with Crippen molar-refractivity contribution in [2.75, 3.05) is 19.6 Å². The summed E-state index contributed by atoms with van der Waals surface area (Å²) in [6.45, 7) is 0. The van der Waals surface area contributed by atoms with E-state index >= 15 is 0 Å². The first-order valence-electron chi connectivity index (χ1n) is 6.97. The molecule has 0 heterocycles. The molecule has 0 atom stereocenters. The van der Waals surface area contributed by atoms with Gasteiger partial charge in [-0.3, -0.25) is 15.5 Å². The minimum Gasteiger partial charge on any atom is -0.545 e. The molecule has 0 unspecified atom stereocenters. The van der Waals surface area contributed by atoms with Gasteiger partial charge in [-0.1, -0.05) is 12.1 Å². The van der Waals surface area contributed by atoms with Crippen molar-refractivity contribution in [2.45, 2.75) is 0 Å². The van der Waals surface area contributed by atoms with Gasteiger partial charge in [0.1, 0.15) is 0 Å². The predicted octanol–water partition coefficient (Wildman–Crippen LogP) is 1.42. The molecule has 2 aromatic carbocycles. The second-order valence-electron chi connectivity index (χ2n) is 4.76. The first-order valence-corrected chi connectivity index (χ1v) is 6.97. The van der Waals surface area contributed by atoms with E-state index in [1.807, 2.05) is 0 Å². The number of carboxylic acid groups (broad SMARTS) is 1. The summed E-state index contributed by atoms with van der Waals surface area (Å²) in [5, 5.41) is 25.8. The SMILES string of the molecule is COc1cc(/C=N\Nc2ccc(C(=O)[O-])cc2)c([N+](=O)[O-])cc1OC. The van der Waals surface area contributed by atoms with Gasteiger partial charge in [0.15, 0.2) is 11.5 Å². The van der Waals surface area contributed by atoms with Crippen LogP contribution in [0.5, 0.6) is 11.5 Å². The molecular weight excluding hydrogens is 330 g/mol. The molecule has 0 radical (unpaired) electrons. The van der Waals surface area contributed by atoms with Gasteiger partial charge < -0.3 is 19.4 Å². The highest BCUT2D eigenvalue weighted by Gasteiger charge is 2.18. The standard InChI is InChI=1S/C16H15N3O6/c1-24-14-7-11(13(19(22)23)8-15(14)25-2)9-17-18-12-5-3-10(4-6-12)16(20)21/h3-9,18H,1-2H3,(H,20,21)/p-1/b17-9-. The number of rotatable bonds is 7. The topological polar surface area (TPSA) is 126 Å². The number of carboxylic acids is 1. The Balaban J connectivity index is 2.24. The second kappa shape index (κ2) is 7.77. The second-order valence-corrected chi connectivity index (χ2v) is 4.76. The highest BCUT2D eigenvalue weighted by molar-refractivity contribution is 5.88. The molecule has 0 saturated carbocycles. The average molecular weight is 344 g/mol. The van der Waals surface area contributed by atoms with Crippen molar-refractivity contribution < 1.29 is 24.3 Å². The molecule has 130 valence electrons.